The van der Waals surface area contributed by atoms with E-state index < -0.39 is 0 Å². The summed E-state index contributed by atoms with van der Waals surface area (Å²) in [5.41, 5.74) is 1.59. The molecule has 1 unspecified atom stereocenters. The highest BCUT2D eigenvalue weighted by molar-refractivity contribution is 5.94. The molecular weight excluding hydrogens is 228 g/mol. The normalized spacial score (nSPS) is 19.2. The Balaban J connectivity index is 2.08. The summed E-state index contributed by atoms with van der Waals surface area (Å²) in [6.45, 7) is 2.92. The first kappa shape index (κ1) is 13.0. The van der Waals surface area contributed by atoms with Gasteiger partial charge in [0.2, 0.25) is 0 Å². The van der Waals surface area contributed by atoms with Crippen molar-refractivity contribution in [1.29, 1.82) is 0 Å². The predicted octanol–water partition coefficient (Wildman–Crippen LogP) is 1.77. The SMILES string of the molecule is Cc1cc(C(=O)N2CCCC2CCCO)ccn1. The Labute approximate surface area is 108 Å². The fourth-order valence-corrected chi connectivity index (χ4v) is 2.57. The first-order valence-corrected chi connectivity index (χ1v) is 6.57. The number of carbonyl (C=O) groups excluding carboxylic acids is 1. The molecule has 2 rings (SSSR count). The highest BCUT2D eigenvalue weighted by Crippen LogP contribution is 2.23. The van der Waals surface area contributed by atoms with E-state index >= 15 is 0 Å². The summed E-state index contributed by atoms with van der Waals surface area (Å²) >= 11 is 0. The third-order valence-corrected chi connectivity index (χ3v) is 3.48. The molecule has 1 aromatic rings. The summed E-state index contributed by atoms with van der Waals surface area (Å²) in [6.07, 6.45) is 5.46. The lowest BCUT2D eigenvalue weighted by atomic mass is 10.1. The Morgan fingerprint density at radius 1 is 1.61 bits per heavy atom. The molecule has 4 heteroatoms. The average molecular weight is 248 g/mol. The van der Waals surface area contributed by atoms with Crippen LogP contribution in [0.3, 0.4) is 0 Å². The Kier molecular flexibility index (Phi) is 4.31. The molecule has 0 aliphatic carbocycles. The van der Waals surface area contributed by atoms with Gasteiger partial charge in [-0.2, -0.15) is 0 Å². The van der Waals surface area contributed by atoms with Crippen molar-refractivity contribution in [3.8, 4) is 0 Å². The van der Waals surface area contributed by atoms with Gasteiger partial charge in [-0.3, -0.25) is 9.78 Å². The molecule has 1 saturated heterocycles. The molecule has 4 nitrogen and oxygen atoms in total. The molecule has 0 radical (unpaired) electrons. The van der Waals surface area contributed by atoms with Crippen molar-refractivity contribution in [3.05, 3.63) is 29.6 Å². The van der Waals surface area contributed by atoms with Crippen LogP contribution in [-0.2, 0) is 0 Å². The van der Waals surface area contributed by atoms with Crippen LogP contribution >= 0.6 is 0 Å². The quantitative estimate of drug-likeness (QED) is 0.883. The second-order valence-electron chi connectivity index (χ2n) is 4.85. The van der Waals surface area contributed by atoms with Crippen molar-refractivity contribution >= 4 is 5.91 Å². The fourth-order valence-electron chi connectivity index (χ4n) is 2.57. The number of rotatable bonds is 4. The molecule has 2 heterocycles. The van der Waals surface area contributed by atoms with Gasteiger partial charge in [-0.1, -0.05) is 0 Å². The molecular formula is C14H20N2O2. The zero-order valence-electron chi connectivity index (χ0n) is 10.8. The summed E-state index contributed by atoms with van der Waals surface area (Å²) in [5, 5.41) is 8.89. The largest absolute Gasteiger partial charge is 0.396 e. The summed E-state index contributed by atoms with van der Waals surface area (Å²) in [6, 6.07) is 3.90. The number of pyridine rings is 1. The molecule has 1 aromatic heterocycles. The molecule has 1 fully saturated rings. The van der Waals surface area contributed by atoms with Gasteiger partial charge in [0.15, 0.2) is 0 Å². The number of aliphatic hydroxyl groups is 1. The molecule has 98 valence electrons. The van der Waals surface area contributed by atoms with Crippen molar-refractivity contribution in [2.45, 2.75) is 38.6 Å². The molecule has 18 heavy (non-hydrogen) atoms. The molecule has 0 bridgehead atoms. The van der Waals surface area contributed by atoms with Gasteiger partial charge in [-0.15, -0.1) is 0 Å². The van der Waals surface area contributed by atoms with Crippen molar-refractivity contribution in [2.75, 3.05) is 13.2 Å². The van der Waals surface area contributed by atoms with Crippen molar-refractivity contribution in [2.24, 2.45) is 0 Å². The molecule has 0 aromatic carbocycles. The minimum atomic E-state index is 0.0981. The van der Waals surface area contributed by atoms with E-state index in [2.05, 4.69) is 4.98 Å². The van der Waals surface area contributed by atoms with Gasteiger partial charge in [0.05, 0.1) is 0 Å². The summed E-state index contributed by atoms with van der Waals surface area (Å²) < 4.78 is 0. The number of hydrogen-bond acceptors (Lipinski definition) is 3. The van der Waals surface area contributed by atoms with Gasteiger partial charge >= 0.3 is 0 Å². The van der Waals surface area contributed by atoms with Crippen LogP contribution in [-0.4, -0.2) is 40.1 Å². The van der Waals surface area contributed by atoms with E-state index in [9.17, 15) is 4.79 Å². The van der Waals surface area contributed by atoms with Gasteiger partial charge in [-0.05, 0) is 44.7 Å². The number of aryl methyl sites for hydroxylation is 1. The van der Waals surface area contributed by atoms with E-state index in [0.717, 1.165) is 43.5 Å². The Morgan fingerprint density at radius 2 is 2.44 bits per heavy atom. The number of amides is 1. The third kappa shape index (κ3) is 2.88. The lowest BCUT2D eigenvalue weighted by Gasteiger charge is -2.24. The smallest absolute Gasteiger partial charge is 0.254 e. The Morgan fingerprint density at radius 3 is 3.17 bits per heavy atom. The summed E-state index contributed by atoms with van der Waals surface area (Å²) in [5.74, 6) is 0.0981. The van der Waals surface area contributed by atoms with Gasteiger partial charge in [0.25, 0.3) is 5.91 Å². The zero-order chi connectivity index (χ0) is 13.0. The van der Waals surface area contributed by atoms with E-state index in [4.69, 9.17) is 5.11 Å². The van der Waals surface area contributed by atoms with Crippen LogP contribution < -0.4 is 0 Å². The topological polar surface area (TPSA) is 53.4 Å². The van der Waals surface area contributed by atoms with Crippen LogP contribution in [0, 0.1) is 6.92 Å². The van der Waals surface area contributed by atoms with Gasteiger partial charge in [-0.25, -0.2) is 0 Å². The maximum Gasteiger partial charge on any atom is 0.254 e. The second kappa shape index (κ2) is 5.96. The monoisotopic (exact) mass is 248 g/mol. The highest BCUT2D eigenvalue weighted by Gasteiger charge is 2.28. The number of likely N-dealkylation sites (tertiary alicyclic amines) is 1. The Bertz CT molecular complexity index is 420. The van der Waals surface area contributed by atoms with Crippen molar-refractivity contribution < 1.29 is 9.90 Å². The van der Waals surface area contributed by atoms with E-state index in [1.54, 1.807) is 12.3 Å². The lowest BCUT2D eigenvalue weighted by Crippen LogP contribution is -2.35. The maximum absolute atomic E-state index is 12.4. The van der Waals surface area contributed by atoms with Gasteiger partial charge in [0, 0.05) is 36.6 Å². The number of carbonyl (C=O) groups is 1. The second-order valence-corrected chi connectivity index (χ2v) is 4.85. The first-order valence-electron chi connectivity index (χ1n) is 6.57. The number of aliphatic hydroxyl groups excluding tert-OH is 1. The lowest BCUT2D eigenvalue weighted by molar-refractivity contribution is 0.0724. The minimum absolute atomic E-state index is 0.0981. The first-order chi connectivity index (χ1) is 8.72. The predicted molar refractivity (Wildman–Crippen MR) is 69.4 cm³/mol. The molecule has 1 atom stereocenters. The van der Waals surface area contributed by atoms with Crippen LogP contribution in [0.15, 0.2) is 18.3 Å². The molecule has 1 amide bonds. The number of hydrogen-bond donors (Lipinski definition) is 1. The summed E-state index contributed by atoms with van der Waals surface area (Å²) in [4.78, 5) is 18.5. The van der Waals surface area contributed by atoms with Crippen LogP contribution in [0.1, 0.15) is 41.7 Å². The van der Waals surface area contributed by atoms with E-state index in [0.29, 0.717) is 0 Å². The molecule has 0 spiro atoms. The standard InChI is InChI=1S/C14H20N2O2/c1-11-10-12(6-7-15-11)14(18)16-8-2-4-13(16)5-3-9-17/h6-7,10,13,17H,2-5,8-9H2,1H3. The third-order valence-electron chi connectivity index (χ3n) is 3.48. The number of aromatic nitrogens is 1. The van der Waals surface area contributed by atoms with Crippen LogP contribution in [0.2, 0.25) is 0 Å². The van der Waals surface area contributed by atoms with Crippen molar-refractivity contribution in [3.63, 3.8) is 0 Å². The minimum Gasteiger partial charge on any atom is -0.396 e. The van der Waals surface area contributed by atoms with Gasteiger partial charge < -0.3 is 10.0 Å². The highest BCUT2D eigenvalue weighted by atomic mass is 16.3. The average Bonchev–Trinajstić information content (AvgIpc) is 2.83. The Hall–Kier alpha value is -1.42. The fraction of sp³-hybridized carbons (Fsp3) is 0.571. The molecule has 0 saturated carbocycles. The zero-order valence-corrected chi connectivity index (χ0v) is 10.8. The van der Waals surface area contributed by atoms with Crippen LogP contribution in [0.5, 0.6) is 0 Å². The molecule has 1 aliphatic heterocycles. The maximum atomic E-state index is 12.4. The van der Waals surface area contributed by atoms with Gasteiger partial charge in [0.1, 0.15) is 0 Å². The summed E-state index contributed by atoms with van der Waals surface area (Å²) in [7, 11) is 0. The van der Waals surface area contributed by atoms with E-state index in [1.807, 2.05) is 17.9 Å². The molecule has 1 N–H and O–H groups in total. The van der Waals surface area contributed by atoms with Crippen LogP contribution in [0.25, 0.3) is 0 Å². The molecule has 1 aliphatic rings. The van der Waals surface area contributed by atoms with Crippen molar-refractivity contribution in [1.82, 2.24) is 9.88 Å². The van der Waals surface area contributed by atoms with E-state index in [-0.39, 0.29) is 18.6 Å². The van der Waals surface area contributed by atoms with E-state index in [1.165, 1.54) is 0 Å². The number of nitrogens with zero attached hydrogens (tertiary/aromatic N) is 2. The van der Waals surface area contributed by atoms with Crippen LogP contribution in [0.4, 0.5) is 0 Å².